The largest absolute Gasteiger partial charge is 0.278 e. The zero-order valence-electron chi connectivity index (χ0n) is 15.8. The highest BCUT2D eigenvalue weighted by atomic mass is 35.5. The van der Waals surface area contributed by atoms with Gasteiger partial charge in [0.05, 0.1) is 22.2 Å². The lowest BCUT2D eigenvalue weighted by molar-refractivity contribution is -0.671. The minimum atomic E-state index is -4.22. The second-order valence-electron chi connectivity index (χ2n) is 6.27. The minimum Gasteiger partial charge on any atom is -0.278 e. The summed E-state index contributed by atoms with van der Waals surface area (Å²) < 4.78 is 30.0. The highest BCUT2D eigenvalue weighted by Crippen LogP contribution is 2.32. The molecule has 0 bridgehead atoms. The molecule has 30 heavy (non-hydrogen) atoms. The van der Waals surface area contributed by atoms with Crippen molar-refractivity contribution in [1.82, 2.24) is 0 Å². The number of aromatic nitrogens is 1. The van der Waals surface area contributed by atoms with Gasteiger partial charge in [0.15, 0.2) is 12.4 Å². The average molecular weight is 447 g/mol. The first-order valence-electron chi connectivity index (χ1n) is 8.64. The Hall–Kier alpha value is -3.37. The van der Waals surface area contributed by atoms with Crippen molar-refractivity contribution < 1.29 is 17.9 Å². The molecule has 0 unspecified atom stereocenters. The third-order valence-corrected chi connectivity index (χ3v) is 5.72. The number of halogens is 1. The van der Waals surface area contributed by atoms with Crippen LogP contribution in [0.25, 0.3) is 0 Å². The van der Waals surface area contributed by atoms with E-state index in [1.807, 2.05) is 36.1 Å². The van der Waals surface area contributed by atoms with Crippen molar-refractivity contribution in [3.63, 3.8) is 0 Å². The Morgan fingerprint density at radius 1 is 1.17 bits per heavy atom. The number of nitrogens with one attached hydrogen (secondary N) is 1. The molecule has 0 saturated carbocycles. The number of anilines is 1. The number of hydrogen-bond donors (Lipinski definition) is 1. The molecule has 0 aliphatic carbocycles. The van der Waals surface area contributed by atoms with E-state index in [1.54, 1.807) is 12.1 Å². The number of azo groups is 1. The normalized spacial score (nSPS) is 11.5. The zero-order chi connectivity index (χ0) is 21.7. The van der Waals surface area contributed by atoms with Crippen LogP contribution in [0.2, 0.25) is 5.02 Å². The Bertz CT molecular complexity index is 1230. The van der Waals surface area contributed by atoms with E-state index in [-0.39, 0.29) is 33.5 Å². The van der Waals surface area contributed by atoms with Crippen molar-refractivity contribution in [2.45, 2.75) is 11.4 Å². The highest BCUT2D eigenvalue weighted by molar-refractivity contribution is 7.92. The van der Waals surface area contributed by atoms with Crippen molar-refractivity contribution in [3.05, 3.63) is 87.7 Å². The lowest BCUT2D eigenvalue weighted by Gasteiger charge is -2.11. The molecule has 2 aromatic carbocycles. The summed E-state index contributed by atoms with van der Waals surface area (Å²) in [6.45, 7) is 0.211. The van der Waals surface area contributed by atoms with Crippen LogP contribution >= 0.6 is 11.6 Å². The fourth-order valence-electron chi connectivity index (χ4n) is 2.59. The summed E-state index contributed by atoms with van der Waals surface area (Å²) >= 11 is 6.02. The van der Waals surface area contributed by atoms with E-state index >= 15 is 0 Å². The molecule has 0 aliphatic heterocycles. The quantitative estimate of drug-likeness (QED) is 0.253. The summed E-state index contributed by atoms with van der Waals surface area (Å²) in [6.07, 6.45) is 3.72. The fourth-order valence-corrected chi connectivity index (χ4v) is 4.07. The van der Waals surface area contributed by atoms with Crippen LogP contribution in [-0.2, 0) is 23.6 Å². The van der Waals surface area contributed by atoms with E-state index in [4.69, 9.17) is 11.6 Å². The second-order valence-corrected chi connectivity index (χ2v) is 8.33. The number of benzene rings is 2. The maximum Gasteiger partial charge on any atom is 0.270 e. The smallest absolute Gasteiger partial charge is 0.270 e. The first-order chi connectivity index (χ1) is 14.3. The number of rotatable bonds is 7. The number of aryl methyl sites for hydroxylation is 1. The fraction of sp³-hybridized carbons (Fsp3) is 0.105. The van der Waals surface area contributed by atoms with Crippen LogP contribution in [0.15, 0.2) is 82.1 Å². The van der Waals surface area contributed by atoms with Gasteiger partial charge < -0.3 is 0 Å². The Kier molecular flexibility index (Phi) is 6.38. The van der Waals surface area contributed by atoms with Gasteiger partial charge in [0.2, 0.25) is 0 Å². The highest BCUT2D eigenvalue weighted by Gasteiger charge is 2.23. The number of non-ortho nitro benzene ring substituents is 1. The molecular formula is C19H17ClN5O4S+. The topological polar surface area (TPSA) is 118 Å². The lowest BCUT2D eigenvalue weighted by atomic mass is 10.3. The Morgan fingerprint density at radius 2 is 1.93 bits per heavy atom. The number of pyridine rings is 1. The van der Waals surface area contributed by atoms with Crippen molar-refractivity contribution >= 4 is 38.7 Å². The first-order valence-corrected chi connectivity index (χ1v) is 10.5. The van der Waals surface area contributed by atoms with Crippen LogP contribution in [0.4, 0.5) is 17.1 Å². The molecule has 0 aliphatic rings. The summed E-state index contributed by atoms with van der Waals surface area (Å²) in [7, 11) is -2.36. The summed E-state index contributed by atoms with van der Waals surface area (Å²) in [5.41, 5.74) is 0.596. The molecule has 1 heterocycles. The molecule has 9 nitrogen and oxygen atoms in total. The number of hydrogen-bond acceptors (Lipinski definition) is 6. The van der Waals surface area contributed by atoms with Gasteiger partial charge in [0.25, 0.3) is 15.7 Å². The van der Waals surface area contributed by atoms with Crippen molar-refractivity contribution in [2.75, 3.05) is 4.72 Å². The SMILES string of the molecule is C[n+]1cccc(CN=Nc2ccc([N+](=O)[O-])cc2S(=O)(=O)Nc2ccccc2Cl)c1. The van der Waals surface area contributed by atoms with Gasteiger partial charge in [-0.25, -0.2) is 13.0 Å². The van der Waals surface area contributed by atoms with Gasteiger partial charge >= 0.3 is 0 Å². The second kappa shape index (κ2) is 8.97. The van der Waals surface area contributed by atoms with Crippen molar-refractivity contribution in [2.24, 2.45) is 17.3 Å². The summed E-state index contributed by atoms with van der Waals surface area (Å²) in [5, 5.41) is 19.4. The van der Waals surface area contributed by atoms with E-state index < -0.39 is 14.9 Å². The van der Waals surface area contributed by atoms with Crippen LogP contribution < -0.4 is 9.29 Å². The molecule has 0 fully saturated rings. The lowest BCUT2D eigenvalue weighted by Crippen LogP contribution is -2.26. The van der Waals surface area contributed by atoms with Crippen LogP contribution in [0.1, 0.15) is 5.56 Å². The van der Waals surface area contributed by atoms with Gasteiger partial charge in [-0.15, -0.1) is 0 Å². The zero-order valence-corrected chi connectivity index (χ0v) is 17.3. The number of nitrogens with zero attached hydrogens (tertiary/aromatic N) is 4. The van der Waals surface area contributed by atoms with Crippen molar-refractivity contribution in [3.8, 4) is 0 Å². The van der Waals surface area contributed by atoms with E-state index in [2.05, 4.69) is 15.0 Å². The minimum absolute atomic E-state index is 0.0274. The number of para-hydroxylation sites is 1. The van der Waals surface area contributed by atoms with Gasteiger partial charge in [0, 0.05) is 23.8 Å². The molecule has 154 valence electrons. The van der Waals surface area contributed by atoms with E-state index in [0.717, 1.165) is 11.6 Å². The maximum atomic E-state index is 12.9. The van der Waals surface area contributed by atoms with E-state index in [1.165, 1.54) is 24.3 Å². The van der Waals surface area contributed by atoms with Gasteiger partial charge in [-0.1, -0.05) is 23.7 Å². The van der Waals surface area contributed by atoms with Gasteiger partial charge in [-0.05, 0) is 24.3 Å². The Labute approximate surface area is 177 Å². The van der Waals surface area contributed by atoms with Gasteiger partial charge in [-0.2, -0.15) is 10.2 Å². The molecule has 0 saturated heterocycles. The third kappa shape index (κ3) is 5.16. The maximum absolute atomic E-state index is 12.9. The molecule has 0 spiro atoms. The van der Waals surface area contributed by atoms with Gasteiger partial charge in [0.1, 0.15) is 17.6 Å². The summed E-state index contributed by atoms with van der Waals surface area (Å²) in [6, 6.07) is 13.3. The molecule has 1 N–H and O–H groups in total. The van der Waals surface area contributed by atoms with Crippen molar-refractivity contribution in [1.29, 1.82) is 0 Å². The molecule has 3 aromatic rings. The number of nitro groups is 1. The molecule has 0 amide bonds. The predicted octanol–water partition coefficient (Wildman–Crippen LogP) is 4.16. The Balaban J connectivity index is 1.96. The van der Waals surface area contributed by atoms with E-state index in [0.29, 0.717) is 0 Å². The number of nitro benzene ring substituents is 1. The number of sulfonamides is 1. The Morgan fingerprint density at radius 3 is 2.63 bits per heavy atom. The van der Waals surface area contributed by atoms with Crippen LogP contribution in [-0.4, -0.2) is 13.3 Å². The standard InChI is InChI=1S/C19H17ClN5O4S/c1-24-10-4-5-14(13-24)12-21-22-18-9-8-15(25(26)27)11-19(18)30(28,29)23-17-7-3-2-6-16(17)20/h2-11,13,23H,12H2,1H3/q+1. The summed E-state index contributed by atoms with van der Waals surface area (Å²) in [5.74, 6) is 0. The van der Waals surface area contributed by atoms with Crippen LogP contribution in [0.3, 0.4) is 0 Å². The van der Waals surface area contributed by atoms with Gasteiger partial charge in [-0.3, -0.25) is 14.8 Å². The molecule has 11 heteroatoms. The average Bonchev–Trinajstić information content (AvgIpc) is 2.69. The van der Waals surface area contributed by atoms with Crippen LogP contribution in [0, 0.1) is 10.1 Å². The monoisotopic (exact) mass is 446 g/mol. The summed E-state index contributed by atoms with van der Waals surface area (Å²) in [4.78, 5) is 10.1. The van der Waals surface area contributed by atoms with Crippen LogP contribution in [0.5, 0.6) is 0 Å². The third-order valence-electron chi connectivity index (χ3n) is 3.99. The molecule has 0 radical (unpaired) electrons. The molecule has 1 aromatic heterocycles. The molecule has 3 rings (SSSR count). The molecular weight excluding hydrogens is 430 g/mol. The molecule has 0 atom stereocenters. The van der Waals surface area contributed by atoms with E-state index in [9.17, 15) is 18.5 Å². The predicted molar refractivity (Wildman–Crippen MR) is 111 cm³/mol. The first kappa shape index (κ1) is 21.3.